The van der Waals surface area contributed by atoms with E-state index in [0.29, 0.717) is 12.0 Å². The Morgan fingerprint density at radius 3 is 2.59 bits per heavy atom. The van der Waals surface area contributed by atoms with Crippen LogP contribution in [0.3, 0.4) is 0 Å². The molecule has 0 aliphatic carbocycles. The van der Waals surface area contributed by atoms with E-state index in [4.69, 9.17) is 10.3 Å². The maximum atomic E-state index is 13.0. The predicted octanol–water partition coefficient (Wildman–Crippen LogP) is 2.92. The first-order valence-corrected chi connectivity index (χ1v) is 8.76. The zero-order chi connectivity index (χ0) is 16.2. The lowest BCUT2D eigenvalue weighted by atomic mass is 9.95. The summed E-state index contributed by atoms with van der Waals surface area (Å²) < 4.78 is 41.3. The van der Waals surface area contributed by atoms with E-state index in [1.807, 2.05) is 12.1 Å². The van der Waals surface area contributed by atoms with Crippen LogP contribution in [0.25, 0.3) is 10.4 Å². The van der Waals surface area contributed by atoms with E-state index < -0.39 is 28.7 Å². The van der Waals surface area contributed by atoms with Crippen LogP contribution in [0.4, 0.5) is 4.39 Å². The van der Waals surface area contributed by atoms with Gasteiger partial charge in [0.1, 0.15) is 6.67 Å². The van der Waals surface area contributed by atoms with Gasteiger partial charge in [-0.25, -0.2) is 8.42 Å². The van der Waals surface area contributed by atoms with E-state index in [2.05, 4.69) is 10.0 Å². The maximum Gasteiger partial charge on any atom is 0.150 e. The number of hydrogen-bond donors (Lipinski definition) is 0. The van der Waals surface area contributed by atoms with Gasteiger partial charge in [0.2, 0.25) is 0 Å². The third-order valence-corrected chi connectivity index (χ3v) is 5.70. The molecule has 3 atom stereocenters. The van der Waals surface area contributed by atoms with Crippen LogP contribution < -0.4 is 0 Å². The van der Waals surface area contributed by atoms with Gasteiger partial charge in [0.15, 0.2) is 9.84 Å². The Balaban J connectivity index is 2.18. The van der Waals surface area contributed by atoms with Crippen LogP contribution in [0.1, 0.15) is 29.6 Å². The van der Waals surface area contributed by atoms with Crippen LogP contribution in [0, 0.1) is 0 Å². The normalized spacial score (nSPS) is 22.7. The molecule has 6 nitrogen and oxygen atoms in total. The fraction of sp³-hybridized carbons (Fsp3) is 0.571. The van der Waals surface area contributed by atoms with Gasteiger partial charge in [-0.2, -0.15) is 0 Å². The van der Waals surface area contributed by atoms with Gasteiger partial charge in [-0.05, 0) is 29.0 Å². The van der Waals surface area contributed by atoms with E-state index >= 15 is 0 Å². The maximum absolute atomic E-state index is 13.0. The quantitative estimate of drug-likeness (QED) is 0.457. The third kappa shape index (κ3) is 3.76. The molecule has 1 aromatic carbocycles. The van der Waals surface area contributed by atoms with Crippen molar-refractivity contribution in [3.05, 3.63) is 45.8 Å². The number of hydrogen-bond acceptors (Lipinski definition) is 4. The predicted molar refractivity (Wildman–Crippen MR) is 81.1 cm³/mol. The molecule has 1 fully saturated rings. The topological polar surface area (TPSA) is 92.1 Å². The minimum Gasteiger partial charge on any atom is -0.376 e. The minimum absolute atomic E-state index is 0.00847. The van der Waals surface area contributed by atoms with Crippen molar-refractivity contribution in [2.24, 2.45) is 5.11 Å². The number of nitrogens with zero attached hydrogens (tertiary/aromatic N) is 3. The molecule has 8 heteroatoms. The Bertz CT molecular complexity index is 656. The van der Waals surface area contributed by atoms with Crippen LogP contribution in [0.5, 0.6) is 0 Å². The van der Waals surface area contributed by atoms with E-state index in [1.165, 1.54) is 7.11 Å². The van der Waals surface area contributed by atoms with Crippen LogP contribution in [-0.2, 0) is 14.6 Å². The summed E-state index contributed by atoms with van der Waals surface area (Å²) >= 11 is 0. The van der Waals surface area contributed by atoms with Gasteiger partial charge in [0.25, 0.3) is 0 Å². The highest BCUT2D eigenvalue weighted by molar-refractivity contribution is 7.91. The Morgan fingerprint density at radius 2 is 2.14 bits per heavy atom. The molecule has 0 saturated carbocycles. The molecule has 1 unspecified atom stereocenters. The second-order valence-corrected chi connectivity index (χ2v) is 7.58. The van der Waals surface area contributed by atoms with Crippen molar-refractivity contribution < 1.29 is 17.5 Å². The Kier molecular flexibility index (Phi) is 5.39. The van der Waals surface area contributed by atoms with Crippen molar-refractivity contribution in [1.29, 1.82) is 0 Å². The number of azide groups is 1. The zero-order valence-electron chi connectivity index (χ0n) is 12.2. The van der Waals surface area contributed by atoms with Crippen molar-refractivity contribution in [1.82, 2.24) is 0 Å². The monoisotopic (exact) mass is 327 g/mol. The summed E-state index contributed by atoms with van der Waals surface area (Å²) in [4.78, 5) is 2.64. The van der Waals surface area contributed by atoms with Gasteiger partial charge in [-0.3, -0.25) is 4.39 Å². The lowest BCUT2D eigenvalue weighted by Gasteiger charge is -2.21. The number of halogens is 1. The number of methoxy groups -OCH3 is 1. The fourth-order valence-electron chi connectivity index (χ4n) is 2.77. The van der Waals surface area contributed by atoms with E-state index in [1.54, 1.807) is 12.1 Å². The summed E-state index contributed by atoms with van der Waals surface area (Å²) in [6, 6.07) is 6.28. The van der Waals surface area contributed by atoms with E-state index in [9.17, 15) is 12.8 Å². The van der Waals surface area contributed by atoms with Gasteiger partial charge < -0.3 is 4.74 Å². The summed E-state index contributed by atoms with van der Waals surface area (Å²) in [7, 11) is -1.50. The van der Waals surface area contributed by atoms with Gasteiger partial charge in [-0.1, -0.05) is 29.4 Å². The fourth-order valence-corrected chi connectivity index (χ4v) is 4.55. The van der Waals surface area contributed by atoms with Gasteiger partial charge in [-0.15, -0.1) is 0 Å². The molecule has 0 aromatic heterocycles. The first-order chi connectivity index (χ1) is 10.5. The van der Waals surface area contributed by atoms with Crippen molar-refractivity contribution in [3.8, 4) is 0 Å². The molecule has 0 bridgehead atoms. The molecule has 120 valence electrons. The summed E-state index contributed by atoms with van der Waals surface area (Å²) in [5, 5.41) is 3.41. The molecular formula is C14H18FN3O3S. The smallest absolute Gasteiger partial charge is 0.150 e. The molecule has 1 heterocycles. The molecule has 0 amide bonds. The highest BCUT2D eigenvalue weighted by atomic mass is 32.2. The number of alkyl halides is 1. The largest absolute Gasteiger partial charge is 0.376 e. The van der Waals surface area contributed by atoms with Crippen LogP contribution in [0.2, 0.25) is 0 Å². The van der Waals surface area contributed by atoms with Crippen LogP contribution in [0.15, 0.2) is 29.4 Å². The molecule has 1 saturated heterocycles. The van der Waals surface area contributed by atoms with Crippen molar-refractivity contribution >= 4 is 9.84 Å². The van der Waals surface area contributed by atoms with Gasteiger partial charge in [0, 0.05) is 12.0 Å². The lowest BCUT2D eigenvalue weighted by molar-refractivity contribution is 0.0722. The average Bonchev–Trinajstić information content (AvgIpc) is 2.88. The molecule has 0 N–H and O–H groups in total. The summed E-state index contributed by atoms with van der Waals surface area (Å²) in [6.07, 6.45) is -0.0384. The van der Waals surface area contributed by atoms with Crippen molar-refractivity contribution in [2.45, 2.75) is 24.5 Å². The second kappa shape index (κ2) is 7.09. The molecule has 0 spiro atoms. The molecule has 2 rings (SSSR count). The van der Waals surface area contributed by atoms with E-state index in [0.717, 1.165) is 5.56 Å². The molecule has 1 aliphatic rings. The summed E-state index contributed by atoms with van der Waals surface area (Å²) in [5.74, 6) is 0.404. The van der Waals surface area contributed by atoms with Gasteiger partial charge in [0.05, 0.1) is 23.7 Å². The van der Waals surface area contributed by atoms with Crippen molar-refractivity contribution in [2.75, 3.05) is 25.3 Å². The first-order valence-electron chi connectivity index (χ1n) is 6.94. The Morgan fingerprint density at radius 1 is 1.45 bits per heavy atom. The number of ether oxygens (including phenoxy) is 1. The summed E-state index contributed by atoms with van der Waals surface area (Å²) in [5.41, 5.74) is 10.1. The number of benzene rings is 1. The molecule has 22 heavy (non-hydrogen) atoms. The Hall–Kier alpha value is -1.63. The molecule has 1 aliphatic heterocycles. The average molecular weight is 327 g/mol. The molecule has 0 radical (unpaired) electrons. The highest BCUT2D eigenvalue weighted by Gasteiger charge is 2.29. The standard InChI is InChI=1S/C14H18FN3O3S/c1-21-14(13(8-15)17-18-16)11-4-2-10(3-5-11)12-6-7-22(19,20)9-12/h2-5,12-14H,6-9H2,1H3/t12?,13-,14-/m1/s1. The first kappa shape index (κ1) is 16.7. The SMILES string of the molecule is CO[C@H](c1ccc(C2CCS(=O)(=O)C2)cc1)[C@@H](CF)N=[N+]=[N-]. The second-order valence-electron chi connectivity index (χ2n) is 5.35. The highest BCUT2D eigenvalue weighted by Crippen LogP contribution is 2.31. The van der Waals surface area contributed by atoms with Crippen LogP contribution >= 0.6 is 0 Å². The van der Waals surface area contributed by atoms with Crippen LogP contribution in [-0.4, -0.2) is 39.7 Å². The Labute approximate surface area is 128 Å². The number of rotatable bonds is 6. The van der Waals surface area contributed by atoms with E-state index in [-0.39, 0.29) is 17.4 Å². The zero-order valence-corrected chi connectivity index (χ0v) is 13.0. The van der Waals surface area contributed by atoms with Gasteiger partial charge >= 0.3 is 0 Å². The lowest BCUT2D eigenvalue weighted by Crippen LogP contribution is -2.20. The van der Waals surface area contributed by atoms with Crippen molar-refractivity contribution in [3.63, 3.8) is 0 Å². The molecule has 1 aromatic rings. The molecular weight excluding hydrogens is 309 g/mol. The summed E-state index contributed by atoms with van der Waals surface area (Å²) in [6.45, 7) is -0.814. The minimum atomic E-state index is -2.93. The third-order valence-electron chi connectivity index (χ3n) is 3.93. The number of sulfone groups is 1.